The SMILES string of the molecule is CC1CC(=O)Nc2ccccc2N1C(=O)CN1CCN(C(=O)c2cc3ccccc3[nH]2)CC1. The third kappa shape index (κ3) is 4.21. The van der Waals surface area contributed by atoms with Crippen molar-refractivity contribution < 1.29 is 14.4 Å². The van der Waals surface area contributed by atoms with Crippen molar-refractivity contribution in [2.45, 2.75) is 19.4 Å². The van der Waals surface area contributed by atoms with Crippen LogP contribution in [-0.2, 0) is 9.59 Å². The van der Waals surface area contributed by atoms with Crippen molar-refractivity contribution in [2.75, 3.05) is 42.9 Å². The maximum Gasteiger partial charge on any atom is 0.270 e. The van der Waals surface area contributed by atoms with Crippen LogP contribution in [0.1, 0.15) is 23.8 Å². The molecule has 0 aliphatic carbocycles. The molecular formula is C25H27N5O3. The fourth-order valence-electron chi connectivity index (χ4n) is 4.70. The van der Waals surface area contributed by atoms with E-state index in [-0.39, 0.29) is 36.7 Å². The van der Waals surface area contributed by atoms with E-state index in [2.05, 4.69) is 15.2 Å². The summed E-state index contributed by atoms with van der Waals surface area (Å²) in [6.07, 6.45) is 0.257. The van der Waals surface area contributed by atoms with Gasteiger partial charge in [-0.05, 0) is 31.2 Å². The molecule has 2 aliphatic heterocycles. The minimum Gasteiger partial charge on any atom is -0.351 e. The predicted octanol–water partition coefficient (Wildman–Crippen LogP) is 2.69. The Labute approximate surface area is 192 Å². The van der Waals surface area contributed by atoms with E-state index in [0.29, 0.717) is 37.6 Å². The third-order valence-electron chi connectivity index (χ3n) is 6.41. The molecule has 0 bridgehead atoms. The molecule has 170 valence electrons. The smallest absolute Gasteiger partial charge is 0.270 e. The molecule has 3 heterocycles. The van der Waals surface area contributed by atoms with Crippen molar-refractivity contribution in [2.24, 2.45) is 0 Å². The van der Waals surface area contributed by atoms with Gasteiger partial charge < -0.3 is 20.1 Å². The van der Waals surface area contributed by atoms with Crippen LogP contribution in [0.5, 0.6) is 0 Å². The lowest BCUT2D eigenvalue weighted by Gasteiger charge is -2.36. The molecule has 3 amide bonds. The minimum absolute atomic E-state index is 0.0168. The molecule has 0 saturated carbocycles. The number of nitrogens with zero attached hydrogens (tertiary/aromatic N) is 3. The van der Waals surface area contributed by atoms with Gasteiger partial charge in [0.2, 0.25) is 11.8 Å². The Kier molecular flexibility index (Phi) is 5.60. The van der Waals surface area contributed by atoms with Crippen molar-refractivity contribution >= 4 is 40.0 Å². The van der Waals surface area contributed by atoms with Gasteiger partial charge in [0.15, 0.2) is 0 Å². The molecular weight excluding hydrogens is 418 g/mol. The van der Waals surface area contributed by atoms with Gasteiger partial charge in [0, 0.05) is 49.5 Å². The average Bonchev–Trinajstić information content (AvgIpc) is 3.19. The summed E-state index contributed by atoms with van der Waals surface area (Å²) in [5.41, 5.74) is 2.93. The number of anilines is 2. The van der Waals surface area contributed by atoms with Gasteiger partial charge in [-0.25, -0.2) is 0 Å². The monoisotopic (exact) mass is 445 g/mol. The standard InChI is InChI=1S/C25H27N5O3/c1-17-14-23(31)27-20-8-4-5-9-22(20)30(17)24(32)16-28-10-12-29(13-11-28)25(33)21-15-18-6-2-3-7-19(18)26-21/h2-9,15,17,26H,10-14,16H2,1H3,(H,27,31). The Balaban J connectivity index is 1.23. The highest BCUT2D eigenvalue weighted by molar-refractivity contribution is 6.05. The van der Waals surface area contributed by atoms with Gasteiger partial charge in [0.25, 0.3) is 5.91 Å². The van der Waals surface area contributed by atoms with Crippen LogP contribution in [-0.4, -0.2) is 71.3 Å². The first-order chi connectivity index (χ1) is 16.0. The zero-order valence-corrected chi connectivity index (χ0v) is 18.6. The van der Waals surface area contributed by atoms with Crippen molar-refractivity contribution in [3.63, 3.8) is 0 Å². The van der Waals surface area contributed by atoms with E-state index in [4.69, 9.17) is 0 Å². The van der Waals surface area contributed by atoms with Crippen molar-refractivity contribution in [3.05, 3.63) is 60.3 Å². The highest BCUT2D eigenvalue weighted by Crippen LogP contribution is 2.31. The topological polar surface area (TPSA) is 88.8 Å². The molecule has 5 rings (SSSR count). The number of fused-ring (bicyclic) bond motifs is 2. The van der Waals surface area contributed by atoms with Crippen LogP contribution in [0.25, 0.3) is 10.9 Å². The molecule has 1 atom stereocenters. The molecule has 1 unspecified atom stereocenters. The summed E-state index contributed by atoms with van der Waals surface area (Å²) in [6, 6.07) is 16.9. The average molecular weight is 446 g/mol. The van der Waals surface area contributed by atoms with Crippen LogP contribution in [0, 0.1) is 0 Å². The normalized spacial score (nSPS) is 19.2. The van der Waals surface area contributed by atoms with Crippen molar-refractivity contribution in [3.8, 4) is 0 Å². The minimum atomic E-state index is -0.231. The summed E-state index contributed by atoms with van der Waals surface area (Å²) in [7, 11) is 0. The number of hydrogen-bond acceptors (Lipinski definition) is 4. The second-order valence-corrected chi connectivity index (χ2v) is 8.72. The molecule has 1 aromatic heterocycles. The maximum atomic E-state index is 13.3. The lowest BCUT2D eigenvalue weighted by atomic mass is 10.1. The first-order valence-corrected chi connectivity index (χ1v) is 11.3. The number of rotatable bonds is 3. The molecule has 3 aromatic rings. The van der Waals surface area contributed by atoms with E-state index in [1.165, 1.54) is 0 Å². The maximum absolute atomic E-state index is 13.3. The van der Waals surface area contributed by atoms with Gasteiger partial charge in [0.05, 0.1) is 17.9 Å². The molecule has 0 radical (unpaired) electrons. The summed E-state index contributed by atoms with van der Waals surface area (Å²) in [5, 5.41) is 3.91. The summed E-state index contributed by atoms with van der Waals surface area (Å²) in [5.74, 6) is -0.145. The van der Waals surface area contributed by atoms with Crippen LogP contribution < -0.4 is 10.2 Å². The first-order valence-electron chi connectivity index (χ1n) is 11.3. The fraction of sp³-hybridized carbons (Fsp3) is 0.320. The predicted molar refractivity (Wildman–Crippen MR) is 127 cm³/mol. The van der Waals surface area contributed by atoms with Gasteiger partial charge in [0.1, 0.15) is 5.69 Å². The van der Waals surface area contributed by atoms with Crippen LogP contribution in [0.3, 0.4) is 0 Å². The Morgan fingerprint density at radius 2 is 1.73 bits per heavy atom. The number of benzene rings is 2. The summed E-state index contributed by atoms with van der Waals surface area (Å²) < 4.78 is 0. The summed E-state index contributed by atoms with van der Waals surface area (Å²) in [4.78, 5) is 47.3. The lowest BCUT2D eigenvalue weighted by Crippen LogP contribution is -2.52. The number of aromatic amines is 1. The zero-order valence-electron chi connectivity index (χ0n) is 18.6. The number of carbonyl (C=O) groups excluding carboxylic acids is 3. The lowest BCUT2D eigenvalue weighted by molar-refractivity contribution is -0.120. The number of hydrogen-bond donors (Lipinski definition) is 2. The molecule has 8 nitrogen and oxygen atoms in total. The molecule has 2 N–H and O–H groups in total. The number of carbonyl (C=O) groups is 3. The number of amides is 3. The van der Waals surface area contributed by atoms with Gasteiger partial charge >= 0.3 is 0 Å². The highest BCUT2D eigenvalue weighted by Gasteiger charge is 2.31. The van der Waals surface area contributed by atoms with E-state index in [0.717, 1.165) is 16.6 Å². The molecule has 0 spiro atoms. The Hall–Kier alpha value is -3.65. The summed E-state index contributed by atoms with van der Waals surface area (Å²) >= 11 is 0. The molecule has 8 heteroatoms. The second-order valence-electron chi connectivity index (χ2n) is 8.72. The highest BCUT2D eigenvalue weighted by atomic mass is 16.2. The van der Waals surface area contributed by atoms with Crippen LogP contribution in [0.15, 0.2) is 54.6 Å². The van der Waals surface area contributed by atoms with Crippen LogP contribution in [0.4, 0.5) is 11.4 Å². The molecule has 33 heavy (non-hydrogen) atoms. The number of aromatic nitrogens is 1. The van der Waals surface area contributed by atoms with Crippen LogP contribution >= 0.6 is 0 Å². The molecule has 1 saturated heterocycles. The van der Waals surface area contributed by atoms with E-state index < -0.39 is 0 Å². The quantitative estimate of drug-likeness (QED) is 0.649. The zero-order chi connectivity index (χ0) is 22.9. The van der Waals surface area contributed by atoms with E-state index in [9.17, 15) is 14.4 Å². The Morgan fingerprint density at radius 3 is 2.52 bits per heavy atom. The molecule has 1 fully saturated rings. The molecule has 2 aromatic carbocycles. The number of piperazine rings is 1. The Morgan fingerprint density at radius 1 is 1.00 bits per heavy atom. The van der Waals surface area contributed by atoms with E-state index in [1.54, 1.807) is 4.90 Å². The van der Waals surface area contributed by atoms with E-state index >= 15 is 0 Å². The third-order valence-corrected chi connectivity index (χ3v) is 6.41. The van der Waals surface area contributed by atoms with Crippen molar-refractivity contribution in [1.29, 1.82) is 0 Å². The van der Waals surface area contributed by atoms with Crippen LogP contribution in [0.2, 0.25) is 0 Å². The largest absolute Gasteiger partial charge is 0.351 e. The van der Waals surface area contributed by atoms with Gasteiger partial charge in [-0.3, -0.25) is 19.3 Å². The van der Waals surface area contributed by atoms with Crippen molar-refractivity contribution in [1.82, 2.24) is 14.8 Å². The van der Waals surface area contributed by atoms with Gasteiger partial charge in [-0.15, -0.1) is 0 Å². The Bertz CT molecular complexity index is 1180. The first kappa shape index (κ1) is 21.2. The van der Waals surface area contributed by atoms with Gasteiger partial charge in [-0.1, -0.05) is 30.3 Å². The van der Waals surface area contributed by atoms with E-state index in [1.807, 2.05) is 66.4 Å². The van der Waals surface area contributed by atoms with Gasteiger partial charge in [-0.2, -0.15) is 0 Å². The molecule has 2 aliphatic rings. The number of para-hydroxylation sites is 3. The summed E-state index contributed by atoms with van der Waals surface area (Å²) in [6.45, 7) is 4.52. The number of nitrogens with one attached hydrogen (secondary N) is 2. The second kappa shape index (κ2) is 8.71. The fourth-order valence-corrected chi connectivity index (χ4v) is 4.70. The number of H-pyrrole nitrogens is 1.